The monoisotopic (exact) mass is 328 g/mol. The molecule has 0 unspecified atom stereocenters. The molecule has 0 amide bonds. The van der Waals surface area contributed by atoms with Gasteiger partial charge in [-0.25, -0.2) is 0 Å². The molecule has 2 heteroatoms. The number of allylic oxidation sites excluding steroid dienone is 8. The predicted octanol–water partition coefficient (Wildman–Crippen LogP) is 6.53. The molecule has 0 bridgehead atoms. The number of carboxylic acid groups (broad SMARTS) is 1. The highest BCUT2D eigenvalue weighted by Crippen LogP contribution is 2.08. The van der Waals surface area contributed by atoms with Crippen molar-refractivity contribution in [2.24, 2.45) is 0 Å². The summed E-state index contributed by atoms with van der Waals surface area (Å²) in [6, 6.07) is 0. The van der Waals surface area contributed by atoms with Crippen molar-refractivity contribution in [1.29, 1.82) is 0 Å². The first-order valence-electron chi connectivity index (χ1n) is 9.06. The molecule has 0 saturated heterocycles. The normalized spacial score (nSPS) is 11.0. The first-order valence-corrected chi connectivity index (χ1v) is 9.06. The summed E-state index contributed by atoms with van der Waals surface area (Å²) in [6.07, 6.45) is 26.4. The molecule has 0 radical (unpaired) electrons. The van der Waals surface area contributed by atoms with Crippen LogP contribution >= 0.6 is 0 Å². The Kier molecular flexibility index (Phi) is 17.4. The van der Waals surface area contributed by atoms with E-state index in [1.54, 1.807) is 0 Å². The van der Waals surface area contributed by atoms with Crippen molar-refractivity contribution in [3.05, 3.63) is 60.1 Å². The Bertz CT molecular complexity index is 482. The zero-order valence-corrected chi connectivity index (χ0v) is 15.0. The Labute approximate surface area is 147 Å². The van der Waals surface area contributed by atoms with Gasteiger partial charge in [0.1, 0.15) is 0 Å². The zero-order valence-electron chi connectivity index (χ0n) is 15.0. The molecule has 0 spiro atoms. The first kappa shape index (κ1) is 22.0. The van der Waals surface area contributed by atoms with E-state index in [0.29, 0.717) is 6.42 Å². The Balaban J connectivity index is 3.53. The van der Waals surface area contributed by atoms with E-state index >= 15 is 0 Å². The van der Waals surface area contributed by atoms with Crippen LogP contribution in [0.15, 0.2) is 60.1 Å². The van der Waals surface area contributed by atoms with E-state index in [2.05, 4.69) is 41.8 Å². The number of aliphatic carboxylic acids is 1. The maximum absolute atomic E-state index is 10.4. The molecule has 0 heterocycles. The van der Waals surface area contributed by atoms with Crippen LogP contribution in [0.1, 0.15) is 71.1 Å². The van der Waals surface area contributed by atoms with Gasteiger partial charge in [0.25, 0.3) is 0 Å². The summed E-state index contributed by atoms with van der Waals surface area (Å²) in [7, 11) is 0. The molecule has 0 saturated carbocycles. The van der Waals surface area contributed by atoms with Gasteiger partial charge in [0.2, 0.25) is 0 Å². The Morgan fingerprint density at radius 2 is 1.54 bits per heavy atom. The van der Waals surface area contributed by atoms with E-state index in [0.717, 1.165) is 38.5 Å². The number of rotatable bonds is 14. The molecule has 24 heavy (non-hydrogen) atoms. The van der Waals surface area contributed by atoms with Crippen molar-refractivity contribution < 1.29 is 9.90 Å². The van der Waals surface area contributed by atoms with Crippen LogP contribution < -0.4 is 0 Å². The van der Waals surface area contributed by atoms with Gasteiger partial charge in [0.05, 0.1) is 0 Å². The highest BCUT2D eigenvalue weighted by Gasteiger charge is 1.95. The van der Waals surface area contributed by atoms with E-state index in [1.807, 2.05) is 25.2 Å². The molecule has 1 N–H and O–H groups in total. The third-order valence-corrected chi connectivity index (χ3v) is 3.44. The fourth-order valence-electron chi connectivity index (χ4n) is 2.09. The summed E-state index contributed by atoms with van der Waals surface area (Å²) >= 11 is 0. The minimum Gasteiger partial charge on any atom is -0.481 e. The van der Waals surface area contributed by atoms with E-state index < -0.39 is 5.97 Å². The van der Waals surface area contributed by atoms with Crippen molar-refractivity contribution >= 4 is 5.97 Å². The number of hydrogen-bond acceptors (Lipinski definition) is 1. The van der Waals surface area contributed by atoms with Crippen molar-refractivity contribution in [1.82, 2.24) is 0 Å². The average molecular weight is 328 g/mol. The van der Waals surface area contributed by atoms with Crippen molar-refractivity contribution in [3.8, 4) is 0 Å². The molecule has 0 aromatic heterocycles. The van der Waals surface area contributed by atoms with E-state index in [-0.39, 0.29) is 0 Å². The summed E-state index contributed by atoms with van der Waals surface area (Å²) in [6.45, 7) is 2.03. The lowest BCUT2D eigenvalue weighted by Gasteiger charge is -1.98. The lowest BCUT2D eigenvalue weighted by atomic mass is 10.1. The maximum Gasteiger partial charge on any atom is 0.303 e. The topological polar surface area (TPSA) is 37.3 Å². The smallest absolute Gasteiger partial charge is 0.303 e. The van der Waals surface area contributed by atoms with Crippen molar-refractivity contribution in [2.75, 3.05) is 0 Å². The van der Waals surface area contributed by atoms with Gasteiger partial charge in [0.15, 0.2) is 0 Å². The minimum absolute atomic E-state index is 0.306. The molecule has 0 atom stereocenters. The van der Waals surface area contributed by atoms with Crippen LogP contribution in [-0.2, 0) is 4.79 Å². The molecule has 132 valence electrons. The summed E-state index contributed by atoms with van der Waals surface area (Å²) in [5.41, 5.74) is 6.07. The van der Waals surface area contributed by atoms with Gasteiger partial charge in [-0.2, -0.15) is 0 Å². The SMILES string of the molecule is C/C=C/C/C=C/C/C=C/C=C=C=CCCCCCCCCC(=O)O. The van der Waals surface area contributed by atoms with Gasteiger partial charge in [0, 0.05) is 6.42 Å². The van der Waals surface area contributed by atoms with Crippen LogP contribution in [0.4, 0.5) is 0 Å². The van der Waals surface area contributed by atoms with Gasteiger partial charge < -0.3 is 5.11 Å². The standard InChI is InChI=1S/C22H32O2/c1-2-3-4-5-6-7-8-9-10-11-12-13-14-15-16-17-18-19-20-21-22(23)24/h2-3,5-6,8-10,13H,4,7,14-21H2,1H3,(H,23,24)/b3-2+,6-5+,9-8+,13-10?. The van der Waals surface area contributed by atoms with Gasteiger partial charge in [-0.05, 0) is 51.2 Å². The number of hydrogen-bond donors (Lipinski definition) is 1. The molecule has 0 aromatic rings. The molecule has 0 rings (SSSR count). The predicted molar refractivity (Wildman–Crippen MR) is 103 cm³/mol. The zero-order chi connectivity index (χ0) is 17.7. The fourth-order valence-corrected chi connectivity index (χ4v) is 2.09. The molecule has 2 nitrogen and oxygen atoms in total. The molecule has 0 aliphatic rings. The molecular formula is C22H32O2. The van der Waals surface area contributed by atoms with E-state index in [1.165, 1.54) is 19.3 Å². The second-order valence-electron chi connectivity index (χ2n) is 5.65. The van der Waals surface area contributed by atoms with Gasteiger partial charge in [-0.15, -0.1) is 0 Å². The molecule has 0 aromatic carbocycles. The average Bonchev–Trinajstić information content (AvgIpc) is 2.56. The van der Waals surface area contributed by atoms with Crippen LogP contribution in [0, 0.1) is 0 Å². The quantitative estimate of drug-likeness (QED) is 0.170. The van der Waals surface area contributed by atoms with E-state index in [9.17, 15) is 4.79 Å². The fraction of sp³-hybridized carbons (Fsp3) is 0.500. The summed E-state index contributed by atoms with van der Waals surface area (Å²) in [5.74, 6) is -0.685. The van der Waals surface area contributed by atoms with Gasteiger partial charge >= 0.3 is 5.97 Å². The van der Waals surface area contributed by atoms with Crippen molar-refractivity contribution in [2.45, 2.75) is 71.1 Å². The Hall–Kier alpha value is -2.01. The van der Waals surface area contributed by atoms with Gasteiger partial charge in [-0.1, -0.05) is 73.6 Å². The molecule has 0 aliphatic carbocycles. The highest BCUT2D eigenvalue weighted by molar-refractivity contribution is 5.66. The lowest BCUT2D eigenvalue weighted by molar-refractivity contribution is -0.137. The summed E-state index contributed by atoms with van der Waals surface area (Å²) in [5, 5.41) is 8.53. The molecule has 0 fully saturated rings. The largest absolute Gasteiger partial charge is 0.481 e. The Morgan fingerprint density at radius 1 is 0.875 bits per heavy atom. The molecular weight excluding hydrogens is 296 g/mol. The molecule has 0 aliphatic heterocycles. The Morgan fingerprint density at radius 3 is 2.25 bits per heavy atom. The second kappa shape index (κ2) is 19.0. The van der Waals surface area contributed by atoms with Crippen LogP contribution in [0.25, 0.3) is 0 Å². The summed E-state index contributed by atoms with van der Waals surface area (Å²) in [4.78, 5) is 10.4. The number of carbonyl (C=O) groups is 1. The maximum atomic E-state index is 10.4. The minimum atomic E-state index is -0.685. The second-order valence-corrected chi connectivity index (χ2v) is 5.65. The highest BCUT2D eigenvalue weighted by atomic mass is 16.4. The lowest BCUT2D eigenvalue weighted by Crippen LogP contribution is -1.93. The van der Waals surface area contributed by atoms with Crippen molar-refractivity contribution in [3.63, 3.8) is 0 Å². The third kappa shape index (κ3) is 20.0. The number of carboxylic acids is 1. The summed E-state index contributed by atoms with van der Waals surface area (Å²) < 4.78 is 0. The van der Waals surface area contributed by atoms with Crippen LogP contribution in [0.2, 0.25) is 0 Å². The first-order chi connectivity index (χ1) is 11.8. The van der Waals surface area contributed by atoms with Crippen LogP contribution in [-0.4, -0.2) is 11.1 Å². The van der Waals surface area contributed by atoms with E-state index in [4.69, 9.17) is 5.11 Å². The number of unbranched alkanes of at least 4 members (excludes halogenated alkanes) is 6. The van der Waals surface area contributed by atoms with Gasteiger partial charge in [-0.3, -0.25) is 4.79 Å². The van der Waals surface area contributed by atoms with Crippen LogP contribution in [0.5, 0.6) is 0 Å². The third-order valence-electron chi connectivity index (χ3n) is 3.44. The van der Waals surface area contributed by atoms with Crippen LogP contribution in [0.3, 0.4) is 0 Å².